The molecular formula is C30H34ClN3O6S2. The highest BCUT2D eigenvalue weighted by molar-refractivity contribution is 7.92. The molecule has 1 aliphatic heterocycles. The van der Waals surface area contributed by atoms with Gasteiger partial charge in [0.05, 0.1) is 39.7 Å². The smallest absolute Gasteiger partial charge is 0.264 e. The quantitative estimate of drug-likeness (QED) is 0.281. The number of sulfonamides is 2. The maximum atomic E-state index is 13.7. The molecule has 0 unspecified atom stereocenters. The molecular weight excluding hydrogens is 598 g/mol. The van der Waals surface area contributed by atoms with Crippen LogP contribution in [0.1, 0.15) is 41.6 Å². The predicted molar refractivity (Wildman–Crippen MR) is 166 cm³/mol. The van der Waals surface area contributed by atoms with E-state index in [-0.39, 0.29) is 32.6 Å². The number of nitrogens with zero attached hydrogens (tertiary/aromatic N) is 2. The lowest BCUT2D eigenvalue weighted by Crippen LogP contribution is -2.32. The normalized spacial score (nSPS) is 14.5. The number of aryl methyl sites for hydroxylation is 1. The zero-order valence-electron chi connectivity index (χ0n) is 23.5. The number of amides is 1. The summed E-state index contributed by atoms with van der Waals surface area (Å²) in [7, 11) is -6.38. The van der Waals surface area contributed by atoms with Crippen molar-refractivity contribution in [2.45, 2.75) is 42.4 Å². The lowest BCUT2D eigenvalue weighted by Gasteiger charge is -2.24. The molecule has 1 amide bonds. The summed E-state index contributed by atoms with van der Waals surface area (Å²) in [5.41, 5.74) is 1.11. The molecule has 1 saturated heterocycles. The molecule has 1 heterocycles. The molecule has 0 spiro atoms. The van der Waals surface area contributed by atoms with Crippen LogP contribution >= 0.6 is 11.6 Å². The summed E-state index contributed by atoms with van der Waals surface area (Å²) in [4.78, 5) is 13.3. The average molecular weight is 632 g/mol. The monoisotopic (exact) mass is 631 g/mol. The van der Waals surface area contributed by atoms with Crippen molar-refractivity contribution in [1.82, 2.24) is 4.31 Å². The Morgan fingerprint density at radius 2 is 1.67 bits per heavy atom. The van der Waals surface area contributed by atoms with Crippen LogP contribution in [0, 0.1) is 6.92 Å². The van der Waals surface area contributed by atoms with Crippen LogP contribution in [0.25, 0.3) is 0 Å². The summed E-state index contributed by atoms with van der Waals surface area (Å²) in [5, 5.41) is 2.72. The van der Waals surface area contributed by atoms with E-state index in [1.54, 1.807) is 43.3 Å². The molecule has 12 heteroatoms. The predicted octanol–water partition coefficient (Wildman–Crippen LogP) is 5.86. The Morgan fingerprint density at radius 3 is 2.29 bits per heavy atom. The third kappa shape index (κ3) is 6.81. The Kier molecular flexibility index (Phi) is 9.98. The SMILES string of the molecule is C=CCN(c1ccc(OC)cc1)S(=O)(=O)c1ccc(Cl)c(C(=O)Nc2ccc(C)c(S(=O)(=O)N3CCCCCC3)c2)c1. The number of ether oxygens (including phenoxy) is 1. The largest absolute Gasteiger partial charge is 0.497 e. The van der Waals surface area contributed by atoms with Gasteiger partial charge in [-0.05, 0) is 79.9 Å². The minimum atomic E-state index is -4.13. The summed E-state index contributed by atoms with van der Waals surface area (Å²) < 4.78 is 62.1. The minimum absolute atomic E-state index is 0.0174. The summed E-state index contributed by atoms with van der Waals surface area (Å²) in [6, 6.07) is 15.0. The van der Waals surface area contributed by atoms with E-state index in [2.05, 4.69) is 11.9 Å². The number of carbonyl (C=O) groups excluding carboxylic acids is 1. The molecule has 0 bridgehead atoms. The van der Waals surface area contributed by atoms with Gasteiger partial charge in [-0.2, -0.15) is 4.31 Å². The molecule has 9 nitrogen and oxygen atoms in total. The standard InChI is InChI=1S/C30H34ClN3O6S2/c1-4-17-34(24-11-13-25(40-3)14-12-24)41(36,37)26-15-16-28(31)27(21-26)30(35)32-23-10-9-22(2)29(20-23)42(38,39)33-18-7-5-6-8-19-33/h4,9-16,20-21H,1,5-8,17-19H2,2-3H3,(H,32,35). The van der Waals surface area contributed by atoms with Gasteiger partial charge in [0.25, 0.3) is 15.9 Å². The van der Waals surface area contributed by atoms with Crippen molar-refractivity contribution in [3.8, 4) is 5.75 Å². The van der Waals surface area contributed by atoms with Crippen LogP contribution < -0.4 is 14.4 Å². The topological polar surface area (TPSA) is 113 Å². The number of benzene rings is 3. The van der Waals surface area contributed by atoms with Crippen molar-refractivity contribution < 1.29 is 26.4 Å². The maximum absolute atomic E-state index is 13.7. The molecule has 3 aromatic carbocycles. The number of carbonyl (C=O) groups is 1. The van der Waals surface area contributed by atoms with Crippen molar-refractivity contribution in [1.29, 1.82) is 0 Å². The van der Waals surface area contributed by atoms with Crippen molar-refractivity contribution in [2.75, 3.05) is 36.4 Å². The van der Waals surface area contributed by atoms with Gasteiger partial charge < -0.3 is 10.1 Å². The molecule has 0 atom stereocenters. The number of hydrogen-bond acceptors (Lipinski definition) is 6. The van der Waals surface area contributed by atoms with Crippen molar-refractivity contribution >= 4 is 48.9 Å². The Bertz CT molecular complexity index is 1670. The second-order valence-corrected chi connectivity index (χ2v) is 14.1. The van der Waals surface area contributed by atoms with E-state index in [4.69, 9.17) is 16.3 Å². The Hall–Kier alpha value is -3.38. The van der Waals surface area contributed by atoms with Crippen LogP contribution in [0.5, 0.6) is 5.75 Å². The first-order valence-electron chi connectivity index (χ1n) is 13.5. The Morgan fingerprint density at radius 1 is 1.00 bits per heavy atom. The maximum Gasteiger partial charge on any atom is 0.264 e. The second-order valence-electron chi connectivity index (χ2n) is 9.92. The van der Waals surface area contributed by atoms with Gasteiger partial charge in [0, 0.05) is 18.8 Å². The molecule has 224 valence electrons. The van der Waals surface area contributed by atoms with Crippen LogP contribution in [0.4, 0.5) is 11.4 Å². The molecule has 1 N–H and O–H groups in total. The van der Waals surface area contributed by atoms with Crippen molar-refractivity contribution in [2.24, 2.45) is 0 Å². The lowest BCUT2D eigenvalue weighted by molar-refractivity contribution is 0.102. The molecule has 0 aliphatic carbocycles. The van der Waals surface area contributed by atoms with Crippen LogP contribution in [0.3, 0.4) is 0 Å². The minimum Gasteiger partial charge on any atom is -0.497 e. The van der Waals surface area contributed by atoms with Gasteiger partial charge in [-0.15, -0.1) is 6.58 Å². The van der Waals surface area contributed by atoms with Gasteiger partial charge in [-0.25, -0.2) is 16.8 Å². The zero-order valence-corrected chi connectivity index (χ0v) is 25.9. The van der Waals surface area contributed by atoms with E-state index in [1.165, 1.54) is 41.8 Å². The van der Waals surface area contributed by atoms with E-state index >= 15 is 0 Å². The summed E-state index contributed by atoms with van der Waals surface area (Å²) >= 11 is 6.34. The number of halogens is 1. The van der Waals surface area contributed by atoms with Gasteiger partial charge in [-0.3, -0.25) is 9.10 Å². The first-order chi connectivity index (χ1) is 20.0. The summed E-state index contributed by atoms with van der Waals surface area (Å²) in [6.45, 7) is 6.27. The van der Waals surface area contributed by atoms with E-state index < -0.39 is 26.0 Å². The fourth-order valence-corrected chi connectivity index (χ4v) is 8.18. The van der Waals surface area contributed by atoms with E-state index in [0.717, 1.165) is 30.0 Å². The third-order valence-corrected chi connectivity index (χ3v) is 11.2. The van der Waals surface area contributed by atoms with Crippen molar-refractivity contribution in [3.05, 3.63) is 89.5 Å². The highest BCUT2D eigenvalue weighted by Gasteiger charge is 2.28. The fourth-order valence-electron chi connectivity index (χ4n) is 4.75. The van der Waals surface area contributed by atoms with Crippen LogP contribution in [-0.4, -0.2) is 53.8 Å². The van der Waals surface area contributed by atoms with Gasteiger partial charge in [0.2, 0.25) is 10.0 Å². The zero-order chi connectivity index (χ0) is 30.5. The third-order valence-electron chi connectivity index (χ3n) is 7.05. The molecule has 3 aromatic rings. The van der Waals surface area contributed by atoms with Crippen LogP contribution in [0.2, 0.25) is 5.02 Å². The number of nitrogens with one attached hydrogen (secondary N) is 1. The van der Waals surface area contributed by atoms with Gasteiger partial charge in [0.15, 0.2) is 0 Å². The summed E-state index contributed by atoms with van der Waals surface area (Å²) in [6.07, 6.45) is 5.04. The average Bonchev–Trinajstić information content (AvgIpc) is 3.27. The van der Waals surface area contributed by atoms with Crippen LogP contribution in [-0.2, 0) is 20.0 Å². The Balaban J connectivity index is 1.63. The molecule has 4 rings (SSSR count). The van der Waals surface area contributed by atoms with Gasteiger partial charge in [0.1, 0.15) is 5.75 Å². The lowest BCUT2D eigenvalue weighted by atomic mass is 10.2. The van der Waals surface area contributed by atoms with E-state index in [9.17, 15) is 21.6 Å². The number of anilines is 2. The Labute approximate surface area is 252 Å². The van der Waals surface area contributed by atoms with E-state index in [1.807, 2.05) is 0 Å². The van der Waals surface area contributed by atoms with Crippen LogP contribution in [0.15, 0.2) is 83.1 Å². The molecule has 0 radical (unpaired) electrons. The highest BCUT2D eigenvalue weighted by atomic mass is 35.5. The fraction of sp³-hybridized carbons (Fsp3) is 0.300. The first kappa shape index (κ1) is 31.6. The molecule has 1 fully saturated rings. The van der Waals surface area contributed by atoms with Gasteiger partial charge >= 0.3 is 0 Å². The number of methoxy groups -OCH3 is 1. The molecule has 1 aliphatic rings. The molecule has 42 heavy (non-hydrogen) atoms. The first-order valence-corrected chi connectivity index (χ1v) is 16.7. The number of rotatable bonds is 10. The van der Waals surface area contributed by atoms with E-state index in [0.29, 0.717) is 30.1 Å². The second kappa shape index (κ2) is 13.3. The number of hydrogen-bond donors (Lipinski definition) is 1. The molecule has 0 saturated carbocycles. The summed E-state index contributed by atoms with van der Waals surface area (Å²) in [5.74, 6) is -0.114. The van der Waals surface area contributed by atoms with Crippen molar-refractivity contribution in [3.63, 3.8) is 0 Å². The highest BCUT2D eigenvalue weighted by Crippen LogP contribution is 2.30. The molecule has 0 aromatic heterocycles. The van der Waals surface area contributed by atoms with Gasteiger partial charge in [-0.1, -0.05) is 36.6 Å².